The molecule has 2 N–H and O–H groups in total. The van der Waals surface area contributed by atoms with Crippen LogP contribution in [0.2, 0.25) is 0 Å². The number of anilines is 1. The first kappa shape index (κ1) is 21.4. The number of carbonyl (C=O) groups excluding carboxylic acids is 2. The van der Waals surface area contributed by atoms with Gasteiger partial charge in [0.15, 0.2) is 0 Å². The fourth-order valence-electron chi connectivity index (χ4n) is 4.22. The normalized spacial score (nSPS) is 10.8. The lowest BCUT2D eigenvalue weighted by Gasteiger charge is -2.14. The molecular formula is C30H24N2O2. The van der Waals surface area contributed by atoms with Gasteiger partial charge in [0.25, 0.3) is 5.91 Å². The maximum atomic E-state index is 13.1. The van der Waals surface area contributed by atoms with Gasteiger partial charge in [-0.3, -0.25) is 9.59 Å². The van der Waals surface area contributed by atoms with E-state index < -0.39 is 0 Å². The molecule has 0 aliphatic rings. The number of fused-ring (bicyclic) bond motifs is 2. The molecule has 5 aromatic carbocycles. The summed E-state index contributed by atoms with van der Waals surface area (Å²) >= 11 is 0. The predicted molar refractivity (Wildman–Crippen MR) is 138 cm³/mol. The molecule has 0 saturated carbocycles. The highest BCUT2D eigenvalue weighted by Crippen LogP contribution is 2.25. The van der Waals surface area contributed by atoms with E-state index in [-0.39, 0.29) is 18.2 Å². The molecule has 0 fully saturated rings. The van der Waals surface area contributed by atoms with Crippen molar-refractivity contribution in [1.29, 1.82) is 0 Å². The average Bonchev–Trinajstić information content (AvgIpc) is 2.87. The van der Waals surface area contributed by atoms with Crippen molar-refractivity contribution in [3.8, 4) is 0 Å². The minimum atomic E-state index is -0.227. The molecule has 2 amide bonds. The molecule has 0 unspecified atom stereocenters. The van der Waals surface area contributed by atoms with Crippen molar-refractivity contribution in [2.24, 2.45) is 0 Å². The summed E-state index contributed by atoms with van der Waals surface area (Å²) in [6, 6.07) is 35.3. The van der Waals surface area contributed by atoms with E-state index >= 15 is 0 Å². The number of hydrogen-bond donors (Lipinski definition) is 2. The number of carbonyl (C=O) groups is 2. The Bertz CT molecular complexity index is 1490. The van der Waals surface area contributed by atoms with Crippen LogP contribution in [0.5, 0.6) is 0 Å². The van der Waals surface area contributed by atoms with Crippen LogP contribution in [0.15, 0.2) is 109 Å². The number of hydrogen-bond acceptors (Lipinski definition) is 2. The Balaban J connectivity index is 1.42. The fraction of sp³-hybridized carbons (Fsp3) is 0.0667. The Labute approximate surface area is 198 Å². The zero-order valence-electron chi connectivity index (χ0n) is 18.6. The van der Waals surface area contributed by atoms with E-state index in [0.29, 0.717) is 17.8 Å². The molecule has 34 heavy (non-hydrogen) atoms. The van der Waals surface area contributed by atoms with E-state index in [9.17, 15) is 9.59 Å². The first-order valence-corrected chi connectivity index (χ1v) is 11.3. The van der Waals surface area contributed by atoms with Gasteiger partial charge in [0.1, 0.15) is 0 Å². The molecule has 0 bridgehead atoms. The third-order valence-corrected chi connectivity index (χ3v) is 5.93. The van der Waals surface area contributed by atoms with Crippen molar-refractivity contribution < 1.29 is 9.59 Å². The Kier molecular flexibility index (Phi) is 6.04. The fourth-order valence-corrected chi connectivity index (χ4v) is 4.22. The van der Waals surface area contributed by atoms with Crippen LogP contribution in [0, 0.1) is 0 Å². The van der Waals surface area contributed by atoms with Crippen LogP contribution in [0.3, 0.4) is 0 Å². The molecule has 0 aliphatic heterocycles. The second-order valence-corrected chi connectivity index (χ2v) is 8.28. The van der Waals surface area contributed by atoms with E-state index in [2.05, 4.69) is 10.6 Å². The molecule has 0 aromatic heterocycles. The van der Waals surface area contributed by atoms with Gasteiger partial charge in [0, 0.05) is 6.54 Å². The molecule has 0 saturated heterocycles. The number of amides is 2. The van der Waals surface area contributed by atoms with Gasteiger partial charge in [0.05, 0.1) is 17.7 Å². The SMILES string of the molecule is O=C(Cc1cccc2ccccc12)Nc1cc2ccccc2cc1C(=O)NCc1ccccc1. The van der Waals surface area contributed by atoms with E-state index in [1.807, 2.05) is 109 Å². The van der Waals surface area contributed by atoms with Crippen LogP contribution in [-0.4, -0.2) is 11.8 Å². The van der Waals surface area contributed by atoms with Crippen LogP contribution in [0.4, 0.5) is 5.69 Å². The highest BCUT2D eigenvalue weighted by molar-refractivity contribution is 6.08. The van der Waals surface area contributed by atoms with E-state index in [1.54, 1.807) is 0 Å². The van der Waals surface area contributed by atoms with Gasteiger partial charge in [-0.1, -0.05) is 97.1 Å². The van der Waals surface area contributed by atoms with Crippen molar-refractivity contribution in [2.45, 2.75) is 13.0 Å². The third kappa shape index (κ3) is 4.66. The van der Waals surface area contributed by atoms with Crippen molar-refractivity contribution in [1.82, 2.24) is 5.32 Å². The zero-order valence-corrected chi connectivity index (χ0v) is 18.6. The van der Waals surface area contributed by atoms with E-state index in [0.717, 1.165) is 32.7 Å². The summed E-state index contributed by atoms with van der Waals surface area (Å²) in [7, 11) is 0. The quantitative estimate of drug-likeness (QED) is 0.332. The molecule has 4 nitrogen and oxygen atoms in total. The lowest BCUT2D eigenvalue weighted by atomic mass is 10.0. The molecular weight excluding hydrogens is 420 g/mol. The van der Waals surface area contributed by atoms with Crippen LogP contribution in [0.1, 0.15) is 21.5 Å². The molecule has 5 aromatic rings. The summed E-state index contributed by atoms with van der Waals surface area (Å²) in [6.07, 6.45) is 0.221. The lowest BCUT2D eigenvalue weighted by Crippen LogP contribution is -2.25. The standard InChI is InChI=1S/C30H24N2O2/c33-29(19-25-15-8-14-22-11-6-7-16-26(22)25)32-28-18-24-13-5-4-12-23(24)17-27(28)30(34)31-20-21-9-2-1-3-10-21/h1-18H,19-20H2,(H,31,34)(H,32,33). The van der Waals surface area contributed by atoms with Gasteiger partial charge in [-0.05, 0) is 44.8 Å². The molecule has 5 rings (SSSR count). The van der Waals surface area contributed by atoms with Crippen LogP contribution >= 0.6 is 0 Å². The largest absolute Gasteiger partial charge is 0.348 e. The highest BCUT2D eigenvalue weighted by Gasteiger charge is 2.16. The second kappa shape index (κ2) is 9.59. The molecule has 0 spiro atoms. The molecule has 4 heteroatoms. The van der Waals surface area contributed by atoms with Crippen molar-refractivity contribution in [3.63, 3.8) is 0 Å². The van der Waals surface area contributed by atoms with Gasteiger partial charge in [-0.15, -0.1) is 0 Å². The Hall–Kier alpha value is -4.44. The summed E-state index contributed by atoms with van der Waals surface area (Å²) in [5.41, 5.74) is 2.92. The smallest absolute Gasteiger partial charge is 0.253 e. The summed E-state index contributed by atoms with van der Waals surface area (Å²) in [5.74, 6) is -0.390. The summed E-state index contributed by atoms with van der Waals surface area (Å²) in [4.78, 5) is 26.2. The Morgan fingerprint density at radius 2 is 1.29 bits per heavy atom. The van der Waals surface area contributed by atoms with Crippen LogP contribution in [0.25, 0.3) is 21.5 Å². The van der Waals surface area contributed by atoms with Crippen molar-refractivity contribution >= 4 is 39.0 Å². The first-order chi connectivity index (χ1) is 16.7. The summed E-state index contributed by atoms with van der Waals surface area (Å²) in [5, 5.41) is 10.0. The average molecular weight is 445 g/mol. The lowest BCUT2D eigenvalue weighted by molar-refractivity contribution is -0.115. The molecule has 0 radical (unpaired) electrons. The topological polar surface area (TPSA) is 58.2 Å². The van der Waals surface area contributed by atoms with Crippen molar-refractivity contribution in [2.75, 3.05) is 5.32 Å². The van der Waals surface area contributed by atoms with E-state index in [1.165, 1.54) is 0 Å². The highest BCUT2D eigenvalue weighted by atomic mass is 16.2. The molecule has 0 aliphatic carbocycles. The predicted octanol–water partition coefficient (Wildman–Crippen LogP) is 6.10. The second-order valence-electron chi connectivity index (χ2n) is 8.28. The van der Waals surface area contributed by atoms with Gasteiger partial charge >= 0.3 is 0 Å². The minimum absolute atomic E-state index is 0.163. The maximum absolute atomic E-state index is 13.1. The van der Waals surface area contributed by atoms with E-state index in [4.69, 9.17) is 0 Å². The van der Waals surface area contributed by atoms with Gasteiger partial charge < -0.3 is 10.6 Å². The van der Waals surface area contributed by atoms with Gasteiger partial charge in [-0.2, -0.15) is 0 Å². The monoisotopic (exact) mass is 444 g/mol. The van der Waals surface area contributed by atoms with Crippen LogP contribution < -0.4 is 10.6 Å². The Morgan fingerprint density at radius 1 is 0.647 bits per heavy atom. The maximum Gasteiger partial charge on any atom is 0.253 e. The van der Waals surface area contributed by atoms with Crippen molar-refractivity contribution in [3.05, 3.63) is 126 Å². The Morgan fingerprint density at radius 3 is 2.09 bits per heavy atom. The number of benzene rings is 5. The summed E-state index contributed by atoms with van der Waals surface area (Å²) < 4.78 is 0. The minimum Gasteiger partial charge on any atom is -0.348 e. The molecule has 166 valence electrons. The van der Waals surface area contributed by atoms with Gasteiger partial charge in [-0.25, -0.2) is 0 Å². The van der Waals surface area contributed by atoms with Gasteiger partial charge in [0.2, 0.25) is 5.91 Å². The number of rotatable bonds is 6. The zero-order chi connectivity index (χ0) is 23.3. The molecule has 0 heterocycles. The third-order valence-electron chi connectivity index (χ3n) is 5.93. The summed E-state index contributed by atoms with van der Waals surface area (Å²) in [6.45, 7) is 0.413. The molecule has 0 atom stereocenters. The van der Waals surface area contributed by atoms with Crippen LogP contribution in [-0.2, 0) is 17.8 Å². The number of nitrogens with one attached hydrogen (secondary N) is 2. The first-order valence-electron chi connectivity index (χ1n) is 11.3.